The Bertz CT molecular complexity index is 2010. The Morgan fingerprint density at radius 3 is 2.34 bits per heavy atom. The van der Waals surface area contributed by atoms with Gasteiger partial charge in [-0.1, -0.05) is 18.2 Å². The maximum absolute atomic E-state index is 12.8. The van der Waals surface area contributed by atoms with Crippen molar-refractivity contribution in [2.45, 2.75) is 6.42 Å². The first kappa shape index (κ1) is 32.0. The van der Waals surface area contributed by atoms with Crippen molar-refractivity contribution in [1.82, 2.24) is 20.3 Å². The number of carbonyl (C=O) groups excluding carboxylic acids is 1. The fraction of sp³-hybridized carbons (Fsp3) is 0.133. The van der Waals surface area contributed by atoms with E-state index in [0.29, 0.717) is 29.9 Å². The molecule has 2 aromatic heterocycles. The molecule has 17 heteroatoms. The number of nitro groups is 1. The SMILES string of the molecule is COc1ccc(CCNC(=S)Nc2nc(NC(=O)Nc3ccc([N+](=O)[O-])cc3)nc(Oc3cc(=O)oc4ccccc34)n2)cc1OC. The number of hydrogen-bond acceptors (Lipinski definition) is 12. The zero-order valence-electron chi connectivity index (χ0n) is 24.8. The number of carbonyl (C=O) groups is 1. The second-order valence-electron chi connectivity index (χ2n) is 9.50. The first-order chi connectivity index (χ1) is 22.7. The third-order valence-electron chi connectivity index (χ3n) is 6.36. The van der Waals surface area contributed by atoms with E-state index < -0.39 is 16.6 Å². The van der Waals surface area contributed by atoms with Crippen molar-refractivity contribution in [3.8, 4) is 23.3 Å². The van der Waals surface area contributed by atoms with Crippen molar-refractivity contribution in [1.29, 1.82) is 0 Å². The number of nitro benzene ring substituents is 1. The summed E-state index contributed by atoms with van der Waals surface area (Å²) in [4.78, 5) is 47.9. The quantitative estimate of drug-likeness (QED) is 0.0647. The van der Waals surface area contributed by atoms with Crippen LogP contribution in [0.3, 0.4) is 0 Å². The summed E-state index contributed by atoms with van der Waals surface area (Å²) in [5, 5.41) is 22.5. The van der Waals surface area contributed by atoms with Crippen LogP contribution in [0.5, 0.6) is 23.3 Å². The lowest BCUT2D eigenvalue weighted by Gasteiger charge is -2.13. The van der Waals surface area contributed by atoms with Crippen molar-refractivity contribution in [3.63, 3.8) is 0 Å². The molecule has 0 radical (unpaired) electrons. The molecule has 0 saturated carbocycles. The second kappa shape index (κ2) is 14.6. The molecule has 2 amide bonds. The highest BCUT2D eigenvalue weighted by Gasteiger charge is 2.16. The number of nitrogens with one attached hydrogen (secondary N) is 4. The molecule has 0 atom stereocenters. The molecule has 5 aromatic rings. The van der Waals surface area contributed by atoms with E-state index in [9.17, 15) is 19.7 Å². The van der Waals surface area contributed by atoms with E-state index in [1.54, 1.807) is 38.5 Å². The highest BCUT2D eigenvalue weighted by molar-refractivity contribution is 7.80. The van der Waals surface area contributed by atoms with Crippen LogP contribution in [-0.2, 0) is 6.42 Å². The third kappa shape index (κ3) is 8.43. The molecule has 4 N–H and O–H groups in total. The van der Waals surface area contributed by atoms with Crippen LogP contribution in [0.2, 0.25) is 0 Å². The molecule has 240 valence electrons. The Morgan fingerprint density at radius 2 is 1.62 bits per heavy atom. The molecule has 5 rings (SSSR count). The summed E-state index contributed by atoms with van der Waals surface area (Å²) < 4.78 is 21.7. The van der Waals surface area contributed by atoms with Crippen molar-refractivity contribution in [2.75, 3.05) is 36.7 Å². The first-order valence-electron chi connectivity index (χ1n) is 13.8. The van der Waals surface area contributed by atoms with Gasteiger partial charge >= 0.3 is 17.7 Å². The number of thiocarbonyl (C=S) groups is 1. The van der Waals surface area contributed by atoms with Gasteiger partial charge in [0.1, 0.15) is 11.3 Å². The van der Waals surface area contributed by atoms with Crippen LogP contribution in [0.4, 0.5) is 28.1 Å². The van der Waals surface area contributed by atoms with Gasteiger partial charge in [0, 0.05) is 24.4 Å². The largest absolute Gasteiger partial charge is 0.493 e. The highest BCUT2D eigenvalue weighted by Crippen LogP contribution is 2.29. The third-order valence-corrected chi connectivity index (χ3v) is 6.61. The Labute approximate surface area is 271 Å². The Hall–Kier alpha value is -6.36. The van der Waals surface area contributed by atoms with E-state index in [1.165, 1.54) is 24.3 Å². The Balaban J connectivity index is 1.33. The number of amides is 2. The van der Waals surface area contributed by atoms with E-state index in [4.69, 9.17) is 30.8 Å². The molecule has 16 nitrogen and oxygen atoms in total. The van der Waals surface area contributed by atoms with Crippen LogP contribution in [0.25, 0.3) is 11.0 Å². The summed E-state index contributed by atoms with van der Waals surface area (Å²) in [6.45, 7) is 0.435. The van der Waals surface area contributed by atoms with Gasteiger partial charge in [0.2, 0.25) is 11.9 Å². The molecule has 0 unspecified atom stereocenters. The average Bonchev–Trinajstić information content (AvgIpc) is 3.04. The maximum atomic E-state index is 12.8. The summed E-state index contributed by atoms with van der Waals surface area (Å²) in [7, 11) is 3.12. The minimum Gasteiger partial charge on any atom is -0.493 e. The Kier molecular flexibility index (Phi) is 9.96. The van der Waals surface area contributed by atoms with Gasteiger partial charge < -0.3 is 34.6 Å². The molecular weight excluding hydrogens is 632 g/mol. The molecule has 3 aromatic carbocycles. The zero-order chi connectivity index (χ0) is 33.3. The number of benzene rings is 3. The fourth-order valence-electron chi connectivity index (χ4n) is 4.21. The van der Waals surface area contributed by atoms with Crippen molar-refractivity contribution >= 4 is 57.6 Å². The van der Waals surface area contributed by atoms with Gasteiger partial charge in [0.15, 0.2) is 16.6 Å². The van der Waals surface area contributed by atoms with Gasteiger partial charge in [-0.25, -0.2) is 9.59 Å². The van der Waals surface area contributed by atoms with Gasteiger partial charge in [0.25, 0.3) is 5.69 Å². The molecule has 0 fully saturated rings. The topological polar surface area (TPSA) is 205 Å². The number of aromatic nitrogens is 3. The van der Waals surface area contributed by atoms with Crippen LogP contribution >= 0.6 is 12.2 Å². The number of methoxy groups -OCH3 is 2. The number of urea groups is 1. The summed E-state index contributed by atoms with van der Waals surface area (Å²) in [5.74, 6) is 0.995. The smallest absolute Gasteiger partial charge is 0.339 e. The molecule has 2 heterocycles. The van der Waals surface area contributed by atoms with E-state index in [0.717, 1.165) is 11.6 Å². The first-order valence-corrected chi connectivity index (χ1v) is 14.2. The van der Waals surface area contributed by atoms with Gasteiger partial charge in [-0.15, -0.1) is 0 Å². The molecule has 0 aliphatic carbocycles. The fourth-order valence-corrected chi connectivity index (χ4v) is 4.40. The molecule has 47 heavy (non-hydrogen) atoms. The molecular formula is C30H26N8O8S. The summed E-state index contributed by atoms with van der Waals surface area (Å²) in [5.41, 5.74) is 0.731. The average molecular weight is 659 g/mol. The van der Waals surface area contributed by atoms with E-state index in [1.807, 2.05) is 18.2 Å². The van der Waals surface area contributed by atoms with Crippen molar-refractivity contribution < 1.29 is 28.3 Å². The maximum Gasteiger partial charge on any atom is 0.339 e. The van der Waals surface area contributed by atoms with Crippen molar-refractivity contribution in [3.05, 3.63) is 98.9 Å². The van der Waals surface area contributed by atoms with Crippen LogP contribution in [0.15, 0.2) is 82.0 Å². The predicted octanol–water partition coefficient (Wildman–Crippen LogP) is 4.87. The monoisotopic (exact) mass is 658 g/mol. The molecule has 0 bridgehead atoms. The van der Waals surface area contributed by atoms with Gasteiger partial charge in [-0.3, -0.25) is 15.4 Å². The van der Waals surface area contributed by atoms with E-state index >= 15 is 0 Å². The standard InChI is InChI=1S/C30H26N8O8S/c1-43-22-12-7-17(15-24(22)44-2)13-14-31-30(47)37-27-33-26(34-28(40)32-18-8-10-19(11-9-18)38(41)42)35-29(36-27)46-23-16-25(39)45-21-6-4-3-5-20(21)23/h3-12,15-16H,13-14H2,1-2H3,(H4,31,32,33,34,35,36,37,40,47). The minimum atomic E-state index is -0.761. The molecule has 0 aliphatic rings. The highest BCUT2D eigenvalue weighted by atomic mass is 32.1. The summed E-state index contributed by atoms with van der Waals surface area (Å²) >= 11 is 5.43. The zero-order valence-corrected chi connectivity index (χ0v) is 25.6. The molecule has 0 aliphatic heterocycles. The van der Waals surface area contributed by atoms with E-state index in [2.05, 4.69) is 36.2 Å². The van der Waals surface area contributed by atoms with Crippen LogP contribution in [0, 0.1) is 10.1 Å². The molecule has 0 spiro atoms. The number of ether oxygens (including phenoxy) is 3. The van der Waals surface area contributed by atoms with Gasteiger partial charge in [0.05, 0.1) is 30.6 Å². The van der Waals surface area contributed by atoms with Crippen LogP contribution < -0.4 is 41.1 Å². The second-order valence-corrected chi connectivity index (χ2v) is 9.90. The lowest BCUT2D eigenvalue weighted by Crippen LogP contribution is -2.31. The van der Waals surface area contributed by atoms with Crippen molar-refractivity contribution in [2.24, 2.45) is 0 Å². The summed E-state index contributed by atoms with van der Waals surface area (Å²) in [6, 6.07) is 17.6. The Morgan fingerprint density at radius 1 is 0.894 bits per heavy atom. The summed E-state index contributed by atoms with van der Waals surface area (Å²) in [6.07, 6.45) is 0.590. The lowest BCUT2D eigenvalue weighted by atomic mass is 10.1. The number of anilines is 3. The molecule has 0 saturated heterocycles. The van der Waals surface area contributed by atoms with Gasteiger partial charge in [-0.05, 0) is 60.6 Å². The number of hydrogen-bond donors (Lipinski definition) is 4. The number of rotatable bonds is 11. The number of nitrogens with zero attached hydrogens (tertiary/aromatic N) is 4. The van der Waals surface area contributed by atoms with Gasteiger partial charge in [-0.2, -0.15) is 15.0 Å². The predicted molar refractivity (Wildman–Crippen MR) is 176 cm³/mol. The van der Waals surface area contributed by atoms with Crippen LogP contribution in [0.1, 0.15) is 5.56 Å². The van der Waals surface area contributed by atoms with Crippen LogP contribution in [-0.4, -0.2) is 51.8 Å². The lowest BCUT2D eigenvalue weighted by molar-refractivity contribution is -0.384. The number of fused-ring (bicyclic) bond motifs is 1. The minimum absolute atomic E-state index is 0.0866. The number of para-hydroxylation sites is 1. The van der Waals surface area contributed by atoms with E-state index in [-0.39, 0.29) is 45.7 Å². The normalized spacial score (nSPS) is 10.5. The number of non-ortho nitro benzene ring substituents is 1.